The molecule has 0 atom stereocenters. The van der Waals surface area contributed by atoms with Gasteiger partial charge in [-0.2, -0.15) is 0 Å². The van der Waals surface area contributed by atoms with E-state index in [2.05, 4.69) is 6.08 Å². The number of hydrogen-bond acceptors (Lipinski definition) is 4. The van der Waals surface area contributed by atoms with Crippen LogP contribution < -0.4 is 21.9 Å². The monoisotopic (exact) mass is 298 g/mol. The van der Waals surface area contributed by atoms with E-state index in [1.165, 1.54) is 0 Å². The molecule has 114 valence electrons. The van der Waals surface area contributed by atoms with E-state index in [-0.39, 0.29) is 11.3 Å². The van der Waals surface area contributed by atoms with Crippen molar-refractivity contribution < 1.29 is 9.53 Å². The normalized spacial score (nSPS) is 14.8. The minimum Gasteiger partial charge on any atom is -0.458 e. The Bertz CT molecular complexity index is 669. The van der Waals surface area contributed by atoms with Gasteiger partial charge in [0.15, 0.2) is 0 Å². The third-order valence-electron chi connectivity index (χ3n) is 3.15. The van der Waals surface area contributed by atoms with E-state index >= 15 is 0 Å². The molecule has 1 aromatic rings. The lowest BCUT2D eigenvalue weighted by Crippen LogP contribution is -2.28. The van der Waals surface area contributed by atoms with Crippen LogP contribution in [-0.2, 0) is 4.79 Å². The third-order valence-corrected chi connectivity index (χ3v) is 3.15. The molecule has 0 saturated carbocycles. The summed E-state index contributed by atoms with van der Waals surface area (Å²) >= 11 is 0. The van der Waals surface area contributed by atoms with Crippen LogP contribution in [-0.4, -0.2) is 11.7 Å². The van der Waals surface area contributed by atoms with Crippen molar-refractivity contribution in [2.24, 2.45) is 17.2 Å². The molecule has 6 nitrogen and oxygen atoms in total. The van der Waals surface area contributed by atoms with E-state index < -0.39 is 11.7 Å². The summed E-state index contributed by atoms with van der Waals surface area (Å²) in [4.78, 5) is 11.3. The Hall–Kier alpha value is -3.02. The van der Waals surface area contributed by atoms with Gasteiger partial charge in [0, 0.05) is 0 Å². The minimum atomic E-state index is -0.831. The van der Waals surface area contributed by atoms with E-state index in [4.69, 9.17) is 27.3 Å². The number of nitrogens with one attached hydrogen (secondary N) is 1. The van der Waals surface area contributed by atoms with Gasteiger partial charge in [-0.05, 0) is 54.8 Å². The summed E-state index contributed by atoms with van der Waals surface area (Å²) in [5, 5.41) is 7.37. The first kappa shape index (κ1) is 15.4. The second kappa shape index (κ2) is 6.62. The molecular formula is C16H18N4O2. The smallest absolute Gasteiger partial charge is 0.254 e. The Labute approximate surface area is 128 Å². The second-order valence-electron chi connectivity index (χ2n) is 4.78. The fourth-order valence-electron chi connectivity index (χ4n) is 2.06. The van der Waals surface area contributed by atoms with Crippen LogP contribution in [0, 0.1) is 5.41 Å². The molecule has 0 bridgehead atoms. The average molecular weight is 298 g/mol. The predicted octanol–water partition coefficient (Wildman–Crippen LogP) is 1.39. The maximum atomic E-state index is 11.3. The summed E-state index contributed by atoms with van der Waals surface area (Å²) in [5.41, 5.74) is 16.8. The molecule has 0 aromatic heterocycles. The highest BCUT2D eigenvalue weighted by Gasteiger charge is 2.15. The summed E-state index contributed by atoms with van der Waals surface area (Å²) in [6.07, 6.45) is 7.97. The van der Waals surface area contributed by atoms with Gasteiger partial charge < -0.3 is 21.9 Å². The molecule has 1 aliphatic carbocycles. The van der Waals surface area contributed by atoms with E-state index in [1.54, 1.807) is 24.3 Å². The predicted molar refractivity (Wildman–Crippen MR) is 85.7 cm³/mol. The van der Waals surface area contributed by atoms with Crippen LogP contribution >= 0.6 is 0 Å². The first-order valence-electron chi connectivity index (χ1n) is 6.78. The zero-order valence-corrected chi connectivity index (χ0v) is 12.0. The molecule has 0 heterocycles. The molecule has 0 unspecified atom stereocenters. The van der Waals surface area contributed by atoms with Crippen molar-refractivity contribution in [1.82, 2.24) is 0 Å². The number of benzene rings is 1. The Morgan fingerprint density at radius 1 is 1.09 bits per heavy atom. The number of rotatable bonds is 5. The number of allylic oxidation sites excluding steroid dienone is 3. The first-order chi connectivity index (χ1) is 10.5. The highest BCUT2D eigenvalue weighted by atomic mass is 16.5. The number of amides is 1. The molecule has 0 spiro atoms. The Kier molecular flexibility index (Phi) is 4.63. The summed E-state index contributed by atoms with van der Waals surface area (Å²) in [6.45, 7) is 0. The largest absolute Gasteiger partial charge is 0.458 e. The Morgan fingerprint density at radius 3 is 2.27 bits per heavy atom. The molecule has 1 aliphatic rings. The average Bonchev–Trinajstić information content (AvgIpc) is 2.48. The highest BCUT2D eigenvalue weighted by Crippen LogP contribution is 2.21. The van der Waals surface area contributed by atoms with Crippen LogP contribution in [0.2, 0.25) is 0 Å². The molecule has 22 heavy (non-hydrogen) atoms. The van der Waals surface area contributed by atoms with Gasteiger partial charge >= 0.3 is 0 Å². The van der Waals surface area contributed by atoms with Crippen LogP contribution in [0.5, 0.6) is 5.75 Å². The number of carbonyl (C=O) groups is 1. The fourth-order valence-corrected chi connectivity index (χ4v) is 2.06. The Morgan fingerprint density at radius 2 is 1.77 bits per heavy atom. The van der Waals surface area contributed by atoms with E-state index in [1.807, 2.05) is 12.2 Å². The van der Waals surface area contributed by atoms with Gasteiger partial charge in [0.1, 0.15) is 22.9 Å². The second-order valence-corrected chi connectivity index (χ2v) is 4.78. The number of nitrogens with two attached hydrogens (primary N) is 3. The lowest BCUT2D eigenvalue weighted by Gasteiger charge is -2.11. The summed E-state index contributed by atoms with van der Waals surface area (Å²) in [7, 11) is 0. The molecule has 0 saturated heterocycles. The van der Waals surface area contributed by atoms with Crippen LogP contribution in [0.3, 0.4) is 0 Å². The zero-order chi connectivity index (χ0) is 16.1. The van der Waals surface area contributed by atoms with Gasteiger partial charge in [-0.3, -0.25) is 10.2 Å². The van der Waals surface area contributed by atoms with Crippen LogP contribution in [0.25, 0.3) is 5.70 Å². The van der Waals surface area contributed by atoms with E-state index in [0.29, 0.717) is 11.3 Å². The number of ether oxygens (including phenoxy) is 1. The van der Waals surface area contributed by atoms with Crippen molar-refractivity contribution in [1.29, 1.82) is 5.41 Å². The van der Waals surface area contributed by atoms with Crippen molar-refractivity contribution in [3.8, 4) is 5.75 Å². The van der Waals surface area contributed by atoms with Crippen molar-refractivity contribution in [2.75, 3.05) is 0 Å². The molecule has 0 radical (unpaired) electrons. The molecule has 2 rings (SSSR count). The number of primary amides is 1. The van der Waals surface area contributed by atoms with Crippen molar-refractivity contribution in [3.63, 3.8) is 0 Å². The van der Waals surface area contributed by atoms with Gasteiger partial charge in [-0.15, -0.1) is 0 Å². The van der Waals surface area contributed by atoms with Crippen LogP contribution in [0.4, 0.5) is 0 Å². The van der Waals surface area contributed by atoms with Crippen molar-refractivity contribution >= 4 is 17.4 Å². The van der Waals surface area contributed by atoms with E-state index in [9.17, 15) is 4.79 Å². The lowest BCUT2D eigenvalue weighted by molar-refractivity contribution is -0.114. The summed E-state index contributed by atoms with van der Waals surface area (Å²) in [6, 6.07) is 6.82. The quantitative estimate of drug-likeness (QED) is 0.372. The van der Waals surface area contributed by atoms with Gasteiger partial charge in [0.2, 0.25) is 0 Å². The minimum absolute atomic E-state index is 0.0725. The number of hydrogen-bond donors (Lipinski definition) is 4. The van der Waals surface area contributed by atoms with Crippen LogP contribution in [0.1, 0.15) is 18.4 Å². The van der Waals surface area contributed by atoms with Crippen molar-refractivity contribution in [2.45, 2.75) is 12.8 Å². The maximum absolute atomic E-state index is 11.3. The molecular weight excluding hydrogens is 280 g/mol. The summed E-state index contributed by atoms with van der Waals surface area (Å²) < 4.78 is 5.70. The zero-order valence-electron chi connectivity index (χ0n) is 12.0. The molecule has 6 heteroatoms. The lowest BCUT2D eigenvalue weighted by atomic mass is 10.1. The van der Waals surface area contributed by atoms with Gasteiger partial charge in [-0.1, -0.05) is 6.08 Å². The molecule has 0 fully saturated rings. The standard InChI is InChI=1S/C16H18N4O2/c17-14(13(15(18)19)16(20)21)10-6-8-12(9-7-10)22-11-4-2-1-3-5-11/h2,4-9H,1,3,17H2,(H3,18,19)(H2,20,21)/b14-13+. The van der Waals surface area contributed by atoms with Gasteiger partial charge in [-0.25, -0.2) is 0 Å². The van der Waals surface area contributed by atoms with Gasteiger partial charge in [0.25, 0.3) is 5.91 Å². The fraction of sp³-hybridized carbons (Fsp3) is 0.125. The summed E-state index contributed by atoms with van der Waals surface area (Å²) in [5.74, 6) is 0.160. The molecule has 1 amide bonds. The Balaban J connectivity index is 2.23. The van der Waals surface area contributed by atoms with Crippen molar-refractivity contribution in [3.05, 3.63) is 59.4 Å². The first-order valence-corrected chi connectivity index (χ1v) is 6.78. The molecule has 7 N–H and O–H groups in total. The van der Waals surface area contributed by atoms with Crippen LogP contribution in [0.15, 0.2) is 53.8 Å². The third kappa shape index (κ3) is 3.54. The van der Waals surface area contributed by atoms with Gasteiger partial charge in [0.05, 0.1) is 5.70 Å². The number of amidine groups is 1. The SMILES string of the molecule is N=C(N)/C(C(N)=O)=C(\N)c1ccc(OC2=CCCC=C2)cc1. The molecule has 1 aromatic carbocycles. The number of carbonyl (C=O) groups excluding carboxylic acids is 1. The van der Waals surface area contributed by atoms with E-state index in [0.717, 1.165) is 18.6 Å². The highest BCUT2D eigenvalue weighted by molar-refractivity contribution is 6.23. The molecule has 0 aliphatic heterocycles. The topological polar surface area (TPSA) is 128 Å². The maximum Gasteiger partial charge on any atom is 0.254 e.